The predicted molar refractivity (Wildman–Crippen MR) is 127 cm³/mol. The first kappa shape index (κ1) is 22.2. The van der Waals surface area contributed by atoms with Crippen molar-refractivity contribution in [2.75, 3.05) is 5.32 Å². The van der Waals surface area contributed by atoms with Crippen LogP contribution < -0.4 is 5.32 Å². The molecule has 0 bridgehead atoms. The van der Waals surface area contributed by atoms with E-state index >= 15 is 0 Å². The molecule has 1 heterocycles. The Labute approximate surface area is 193 Å². The number of amides is 1. The van der Waals surface area contributed by atoms with E-state index < -0.39 is 15.7 Å². The van der Waals surface area contributed by atoms with Crippen LogP contribution in [-0.4, -0.2) is 18.9 Å². The van der Waals surface area contributed by atoms with E-state index in [9.17, 15) is 17.6 Å². The highest BCUT2D eigenvalue weighted by Crippen LogP contribution is 2.28. The van der Waals surface area contributed by atoms with Gasteiger partial charge >= 0.3 is 0 Å². The van der Waals surface area contributed by atoms with Gasteiger partial charge in [0, 0.05) is 27.3 Å². The lowest BCUT2D eigenvalue weighted by Gasteiger charge is -2.09. The normalized spacial score (nSPS) is 11.6. The zero-order chi connectivity index (χ0) is 22.9. The molecule has 0 atom stereocenters. The van der Waals surface area contributed by atoms with Crippen LogP contribution in [0.25, 0.3) is 10.9 Å². The number of sulfone groups is 1. The molecule has 0 fully saturated rings. The van der Waals surface area contributed by atoms with Crippen LogP contribution >= 0.6 is 15.9 Å². The summed E-state index contributed by atoms with van der Waals surface area (Å²) in [5.41, 5.74) is 2.79. The Morgan fingerprint density at radius 1 is 1.06 bits per heavy atom. The largest absolute Gasteiger partial charge is 0.337 e. The molecule has 0 aliphatic carbocycles. The van der Waals surface area contributed by atoms with Gasteiger partial charge in [0.25, 0.3) is 0 Å². The van der Waals surface area contributed by atoms with Gasteiger partial charge in [-0.1, -0.05) is 46.3 Å². The van der Waals surface area contributed by atoms with Crippen molar-refractivity contribution < 1.29 is 17.6 Å². The van der Waals surface area contributed by atoms with E-state index in [2.05, 4.69) is 21.2 Å². The molecular weight excluding hydrogens is 495 g/mol. The highest BCUT2D eigenvalue weighted by Gasteiger charge is 2.22. The predicted octanol–water partition coefficient (Wildman–Crippen LogP) is 5.46. The number of halogens is 2. The molecule has 0 unspecified atom stereocenters. The zero-order valence-corrected chi connectivity index (χ0v) is 19.6. The van der Waals surface area contributed by atoms with Gasteiger partial charge in [-0.15, -0.1) is 0 Å². The standard InChI is InChI=1S/C24H20BrFN2O3S/c1-16-12-19(10-11-21(16)25)27-24(29)14-28-13-23(20-4-2-3-5-22(20)28)32(30,31)15-17-6-8-18(26)9-7-17/h2-13H,14-15H2,1H3,(H,27,29). The first-order valence-corrected chi connectivity index (χ1v) is 12.3. The molecule has 3 aromatic carbocycles. The number of nitrogens with one attached hydrogen (secondary N) is 1. The Kier molecular flexibility index (Phi) is 6.17. The van der Waals surface area contributed by atoms with Gasteiger partial charge in [0.1, 0.15) is 12.4 Å². The van der Waals surface area contributed by atoms with Gasteiger partial charge in [-0.05, 0) is 54.4 Å². The minimum atomic E-state index is -3.72. The van der Waals surface area contributed by atoms with Gasteiger partial charge in [0.2, 0.25) is 5.91 Å². The van der Waals surface area contributed by atoms with Crippen molar-refractivity contribution in [1.29, 1.82) is 0 Å². The fraction of sp³-hybridized carbons (Fsp3) is 0.125. The SMILES string of the molecule is Cc1cc(NC(=O)Cn2cc(S(=O)(=O)Cc3ccc(F)cc3)c3ccccc32)ccc1Br. The molecule has 5 nitrogen and oxygen atoms in total. The van der Waals surface area contributed by atoms with Gasteiger partial charge in [-0.25, -0.2) is 12.8 Å². The van der Waals surface area contributed by atoms with E-state index in [1.165, 1.54) is 30.5 Å². The van der Waals surface area contributed by atoms with Crippen molar-refractivity contribution in [3.8, 4) is 0 Å². The van der Waals surface area contributed by atoms with E-state index in [1.54, 1.807) is 34.9 Å². The minimum Gasteiger partial charge on any atom is -0.337 e. The quantitative estimate of drug-likeness (QED) is 0.371. The molecule has 4 aromatic rings. The summed E-state index contributed by atoms with van der Waals surface area (Å²) >= 11 is 3.43. The lowest BCUT2D eigenvalue weighted by molar-refractivity contribution is -0.116. The van der Waals surface area contributed by atoms with Crippen LogP contribution in [0.5, 0.6) is 0 Å². The minimum absolute atomic E-state index is 0.0400. The van der Waals surface area contributed by atoms with E-state index in [4.69, 9.17) is 0 Å². The second kappa shape index (κ2) is 8.88. The van der Waals surface area contributed by atoms with Gasteiger partial charge in [-0.2, -0.15) is 0 Å². The second-order valence-corrected chi connectivity index (χ2v) is 10.3. The summed E-state index contributed by atoms with van der Waals surface area (Å²) < 4.78 is 42.1. The fourth-order valence-corrected chi connectivity index (χ4v) is 5.38. The van der Waals surface area contributed by atoms with Crippen molar-refractivity contribution in [2.45, 2.75) is 24.1 Å². The number of carbonyl (C=O) groups is 1. The zero-order valence-electron chi connectivity index (χ0n) is 17.2. The average Bonchev–Trinajstić information content (AvgIpc) is 3.12. The third-order valence-corrected chi connectivity index (χ3v) is 7.71. The number of para-hydroxylation sites is 1. The van der Waals surface area contributed by atoms with E-state index in [-0.39, 0.29) is 23.1 Å². The van der Waals surface area contributed by atoms with Crippen LogP contribution in [0, 0.1) is 12.7 Å². The number of hydrogen-bond acceptors (Lipinski definition) is 3. The Bertz CT molecular complexity index is 1410. The number of benzene rings is 3. The maximum Gasteiger partial charge on any atom is 0.244 e. The Morgan fingerprint density at radius 3 is 2.50 bits per heavy atom. The van der Waals surface area contributed by atoms with Crippen LogP contribution in [-0.2, 0) is 26.9 Å². The maximum absolute atomic E-state index is 13.2. The summed E-state index contributed by atoms with van der Waals surface area (Å²) in [6.45, 7) is 1.89. The van der Waals surface area contributed by atoms with Crippen molar-refractivity contribution in [3.63, 3.8) is 0 Å². The highest BCUT2D eigenvalue weighted by molar-refractivity contribution is 9.10. The monoisotopic (exact) mass is 514 g/mol. The summed E-state index contributed by atoms with van der Waals surface area (Å²) in [6.07, 6.45) is 1.50. The Balaban J connectivity index is 1.62. The Hall–Kier alpha value is -2.97. The lowest BCUT2D eigenvalue weighted by atomic mass is 10.2. The second-order valence-electron chi connectivity index (χ2n) is 7.54. The molecule has 0 saturated carbocycles. The van der Waals surface area contributed by atoms with Crippen molar-refractivity contribution >= 4 is 48.3 Å². The van der Waals surface area contributed by atoms with Crippen molar-refractivity contribution in [2.24, 2.45) is 0 Å². The number of anilines is 1. The first-order chi connectivity index (χ1) is 15.2. The molecular formula is C24H20BrFN2O3S. The van der Waals surface area contributed by atoms with Gasteiger partial charge in [0.15, 0.2) is 9.84 Å². The van der Waals surface area contributed by atoms with E-state index in [0.717, 1.165) is 10.0 Å². The van der Waals surface area contributed by atoms with Crippen LogP contribution in [0.1, 0.15) is 11.1 Å². The molecule has 1 N–H and O–H groups in total. The average molecular weight is 515 g/mol. The molecule has 0 saturated heterocycles. The third kappa shape index (κ3) is 4.76. The molecule has 1 amide bonds. The first-order valence-electron chi connectivity index (χ1n) is 9.84. The molecule has 0 aliphatic rings. The molecule has 0 radical (unpaired) electrons. The summed E-state index contributed by atoms with van der Waals surface area (Å²) in [6, 6.07) is 18.0. The summed E-state index contributed by atoms with van der Waals surface area (Å²) in [7, 11) is -3.72. The molecule has 1 aromatic heterocycles. The van der Waals surface area contributed by atoms with E-state index in [0.29, 0.717) is 22.2 Å². The summed E-state index contributed by atoms with van der Waals surface area (Å²) in [5.74, 6) is -0.948. The van der Waals surface area contributed by atoms with Crippen LogP contribution in [0.15, 0.2) is 82.3 Å². The Morgan fingerprint density at radius 2 is 1.78 bits per heavy atom. The molecule has 32 heavy (non-hydrogen) atoms. The van der Waals surface area contributed by atoms with E-state index in [1.807, 2.05) is 19.1 Å². The smallest absolute Gasteiger partial charge is 0.244 e. The number of fused-ring (bicyclic) bond motifs is 1. The molecule has 0 spiro atoms. The molecule has 0 aliphatic heterocycles. The van der Waals surface area contributed by atoms with Crippen molar-refractivity contribution in [3.05, 3.63) is 94.3 Å². The number of nitrogens with zero attached hydrogens (tertiary/aromatic N) is 1. The fourth-order valence-electron chi connectivity index (χ4n) is 3.55. The van der Waals surface area contributed by atoms with Crippen molar-refractivity contribution in [1.82, 2.24) is 4.57 Å². The number of carbonyl (C=O) groups excluding carboxylic acids is 1. The number of rotatable bonds is 6. The maximum atomic E-state index is 13.2. The van der Waals surface area contributed by atoms with Gasteiger partial charge < -0.3 is 9.88 Å². The highest BCUT2D eigenvalue weighted by atomic mass is 79.9. The number of aryl methyl sites for hydroxylation is 1. The van der Waals surface area contributed by atoms with Gasteiger partial charge in [0.05, 0.1) is 10.6 Å². The summed E-state index contributed by atoms with van der Waals surface area (Å²) in [5, 5.41) is 3.39. The van der Waals surface area contributed by atoms with Crippen LogP contribution in [0.2, 0.25) is 0 Å². The summed E-state index contributed by atoms with van der Waals surface area (Å²) in [4.78, 5) is 12.8. The van der Waals surface area contributed by atoms with Crippen LogP contribution in [0.4, 0.5) is 10.1 Å². The number of aromatic nitrogens is 1. The number of hydrogen-bond donors (Lipinski definition) is 1. The van der Waals surface area contributed by atoms with Gasteiger partial charge in [-0.3, -0.25) is 4.79 Å². The molecule has 4 rings (SSSR count). The third-order valence-electron chi connectivity index (χ3n) is 5.11. The lowest BCUT2D eigenvalue weighted by Crippen LogP contribution is -2.18. The molecule has 8 heteroatoms. The topological polar surface area (TPSA) is 68.2 Å². The van der Waals surface area contributed by atoms with Crippen LogP contribution in [0.3, 0.4) is 0 Å². The molecule has 164 valence electrons.